The van der Waals surface area contributed by atoms with E-state index in [1.165, 1.54) is 0 Å². The monoisotopic (exact) mass is 396 g/mol. The molecule has 3 heterocycles. The molecule has 3 fully saturated rings. The SMILES string of the molecule is NC(=O)C1(OC[C@@H]2C[C@H](CF)CN2)CCC2CN1C(=O)N2OS(=O)(=O)O. The van der Waals surface area contributed by atoms with Crippen molar-refractivity contribution in [1.82, 2.24) is 15.3 Å². The average molecular weight is 396 g/mol. The molecular formula is C13H21FN4O7S. The van der Waals surface area contributed by atoms with E-state index in [1.54, 1.807) is 0 Å². The van der Waals surface area contributed by atoms with E-state index in [0.29, 0.717) is 18.0 Å². The van der Waals surface area contributed by atoms with Gasteiger partial charge in [0.2, 0.25) is 5.72 Å². The minimum Gasteiger partial charge on any atom is -0.365 e. The third-order valence-corrected chi connectivity index (χ3v) is 5.36. The van der Waals surface area contributed by atoms with Gasteiger partial charge in [0.1, 0.15) is 0 Å². The molecule has 26 heavy (non-hydrogen) atoms. The van der Waals surface area contributed by atoms with Crippen molar-refractivity contribution in [2.75, 3.05) is 26.4 Å². The minimum absolute atomic E-state index is 0.0348. The van der Waals surface area contributed by atoms with Crippen LogP contribution in [0.5, 0.6) is 0 Å². The van der Waals surface area contributed by atoms with Crippen LogP contribution in [0, 0.1) is 5.92 Å². The zero-order valence-corrected chi connectivity index (χ0v) is 14.7. The highest BCUT2D eigenvalue weighted by Crippen LogP contribution is 2.38. The largest absolute Gasteiger partial charge is 0.418 e. The maximum atomic E-state index is 12.7. The van der Waals surface area contributed by atoms with E-state index in [0.717, 1.165) is 4.90 Å². The predicted octanol–water partition coefficient (Wildman–Crippen LogP) is -1.23. The number of hydrogen-bond acceptors (Lipinski definition) is 7. The summed E-state index contributed by atoms with van der Waals surface area (Å²) in [6, 6.07) is -1.79. The summed E-state index contributed by atoms with van der Waals surface area (Å²) in [6.45, 7) is 0.0308. The van der Waals surface area contributed by atoms with E-state index in [1.807, 2.05) is 0 Å². The number of piperidine rings is 1. The van der Waals surface area contributed by atoms with E-state index in [2.05, 4.69) is 9.60 Å². The van der Waals surface area contributed by atoms with Gasteiger partial charge < -0.3 is 15.8 Å². The van der Waals surface area contributed by atoms with Gasteiger partial charge in [-0.25, -0.2) is 4.79 Å². The Hall–Kier alpha value is -1.54. The van der Waals surface area contributed by atoms with E-state index in [9.17, 15) is 22.4 Å². The Labute approximate surface area is 149 Å². The maximum absolute atomic E-state index is 12.7. The van der Waals surface area contributed by atoms with Gasteiger partial charge >= 0.3 is 16.4 Å². The van der Waals surface area contributed by atoms with Crippen molar-refractivity contribution in [3.63, 3.8) is 0 Å². The van der Waals surface area contributed by atoms with Crippen molar-refractivity contribution < 1.29 is 36.0 Å². The number of halogens is 1. The van der Waals surface area contributed by atoms with Crippen LogP contribution >= 0.6 is 0 Å². The zero-order chi connectivity index (χ0) is 19.1. The molecule has 148 valence electrons. The molecule has 13 heteroatoms. The average Bonchev–Trinajstić information content (AvgIpc) is 3.12. The van der Waals surface area contributed by atoms with E-state index >= 15 is 0 Å². The summed E-state index contributed by atoms with van der Waals surface area (Å²) in [5.74, 6) is -1.02. The summed E-state index contributed by atoms with van der Waals surface area (Å²) in [4.78, 5) is 25.6. The number of carbonyl (C=O) groups excluding carboxylic acids is 2. The molecule has 3 amide bonds. The van der Waals surface area contributed by atoms with Crippen LogP contribution in [0.3, 0.4) is 0 Å². The molecule has 0 aliphatic carbocycles. The first-order valence-electron chi connectivity index (χ1n) is 8.17. The standard InChI is InChI=1S/C13H21FN4O7S/c14-4-8-3-9(16-5-8)7-24-13(11(15)19)2-1-10-6-17(13)12(20)18(10)25-26(21,22)23/h8-10,16H,1-7H2,(H2,15,19)(H,21,22,23)/t8-,9+,10?,13?/m1/s1. The Morgan fingerprint density at radius 3 is 2.81 bits per heavy atom. The van der Waals surface area contributed by atoms with Crippen LogP contribution in [-0.4, -0.2) is 79.1 Å². The van der Waals surface area contributed by atoms with Gasteiger partial charge in [-0.1, -0.05) is 0 Å². The molecular weight excluding hydrogens is 375 g/mol. The number of amides is 3. The van der Waals surface area contributed by atoms with Crippen LogP contribution < -0.4 is 11.1 Å². The molecule has 3 saturated heterocycles. The first kappa shape index (κ1) is 19.2. The van der Waals surface area contributed by atoms with E-state index in [-0.39, 0.29) is 38.0 Å². The molecule has 3 rings (SSSR count). The molecule has 11 nitrogen and oxygen atoms in total. The normalized spacial score (nSPS) is 34.5. The number of ether oxygens (including phenoxy) is 1. The summed E-state index contributed by atoms with van der Waals surface area (Å²) in [5.41, 5.74) is 3.74. The van der Waals surface area contributed by atoms with Crippen LogP contribution in [-0.2, 0) is 24.2 Å². The lowest BCUT2D eigenvalue weighted by Crippen LogP contribution is -2.62. The first-order valence-corrected chi connectivity index (χ1v) is 9.54. The molecule has 4 N–H and O–H groups in total. The third kappa shape index (κ3) is 3.49. The van der Waals surface area contributed by atoms with Crippen molar-refractivity contribution in [3.05, 3.63) is 0 Å². The smallest absolute Gasteiger partial charge is 0.365 e. The Kier molecular flexibility index (Phi) is 5.09. The number of hydroxylamine groups is 2. The molecule has 0 aromatic carbocycles. The molecule has 3 aliphatic heterocycles. The molecule has 0 spiro atoms. The minimum atomic E-state index is -4.90. The van der Waals surface area contributed by atoms with Crippen LogP contribution in [0.2, 0.25) is 0 Å². The Morgan fingerprint density at radius 2 is 2.23 bits per heavy atom. The lowest BCUT2D eigenvalue weighted by Gasteiger charge is -2.40. The molecule has 3 aliphatic rings. The number of nitrogens with zero attached hydrogens (tertiary/aromatic N) is 2. The number of rotatable bonds is 7. The Balaban J connectivity index is 1.74. The fourth-order valence-electron chi connectivity index (χ4n) is 3.70. The zero-order valence-electron chi connectivity index (χ0n) is 13.8. The second-order valence-electron chi connectivity index (χ2n) is 6.73. The van der Waals surface area contributed by atoms with Crippen molar-refractivity contribution in [2.45, 2.75) is 37.1 Å². The first-order chi connectivity index (χ1) is 12.2. The highest BCUT2D eigenvalue weighted by molar-refractivity contribution is 7.80. The quantitative estimate of drug-likeness (QED) is 0.452. The van der Waals surface area contributed by atoms with Gasteiger partial charge in [0.15, 0.2) is 0 Å². The molecule has 2 bridgehead atoms. The van der Waals surface area contributed by atoms with Gasteiger partial charge in [0.25, 0.3) is 5.91 Å². The van der Waals surface area contributed by atoms with Crippen LogP contribution in [0.4, 0.5) is 9.18 Å². The highest BCUT2D eigenvalue weighted by atomic mass is 32.3. The van der Waals surface area contributed by atoms with Crippen LogP contribution in [0.15, 0.2) is 0 Å². The number of fused-ring (bicyclic) bond motifs is 2. The molecule has 0 aromatic rings. The third-order valence-electron chi connectivity index (χ3n) is 5.01. The second-order valence-corrected chi connectivity index (χ2v) is 7.74. The molecule has 0 saturated carbocycles. The van der Waals surface area contributed by atoms with Crippen molar-refractivity contribution >= 4 is 22.3 Å². The van der Waals surface area contributed by atoms with Crippen molar-refractivity contribution in [1.29, 1.82) is 0 Å². The van der Waals surface area contributed by atoms with E-state index in [4.69, 9.17) is 15.0 Å². The lowest BCUT2D eigenvalue weighted by molar-refractivity contribution is -0.175. The van der Waals surface area contributed by atoms with E-state index < -0.39 is 40.8 Å². The second kappa shape index (κ2) is 6.88. The molecule has 4 atom stereocenters. The van der Waals surface area contributed by atoms with Gasteiger partial charge in [-0.15, -0.1) is 4.28 Å². The molecule has 0 aromatic heterocycles. The topological polar surface area (TPSA) is 151 Å². The Morgan fingerprint density at radius 1 is 1.50 bits per heavy atom. The number of primary amides is 1. The molecule has 0 radical (unpaired) electrons. The lowest BCUT2D eigenvalue weighted by atomic mass is 9.96. The predicted molar refractivity (Wildman–Crippen MR) is 83.3 cm³/mol. The number of hydrogen-bond donors (Lipinski definition) is 3. The maximum Gasteiger partial charge on any atom is 0.418 e. The number of alkyl halides is 1. The van der Waals surface area contributed by atoms with Gasteiger partial charge in [0, 0.05) is 31.5 Å². The van der Waals surface area contributed by atoms with Gasteiger partial charge in [-0.3, -0.25) is 18.6 Å². The fraction of sp³-hybridized carbons (Fsp3) is 0.846. The number of carbonyl (C=O) groups is 2. The number of nitrogens with one attached hydrogen (secondary N) is 1. The summed E-state index contributed by atoms with van der Waals surface area (Å²) in [6.07, 6.45) is 0.759. The summed E-state index contributed by atoms with van der Waals surface area (Å²) < 4.78 is 53.5. The van der Waals surface area contributed by atoms with Gasteiger partial charge in [-0.2, -0.15) is 13.5 Å². The van der Waals surface area contributed by atoms with Crippen LogP contribution in [0.1, 0.15) is 19.3 Å². The number of nitrogens with two attached hydrogens (primary N) is 1. The van der Waals surface area contributed by atoms with Crippen molar-refractivity contribution in [3.8, 4) is 0 Å². The summed E-state index contributed by atoms with van der Waals surface area (Å²) in [5, 5.41) is 3.59. The molecule has 2 unspecified atom stereocenters. The van der Waals surface area contributed by atoms with Crippen molar-refractivity contribution in [2.24, 2.45) is 11.7 Å². The summed E-state index contributed by atoms with van der Waals surface area (Å²) in [7, 11) is -4.90. The van der Waals surface area contributed by atoms with Gasteiger partial charge in [-0.05, 0) is 12.8 Å². The highest BCUT2D eigenvalue weighted by Gasteiger charge is 2.58. The Bertz CT molecular complexity index is 692. The number of urea groups is 1. The van der Waals surface area contributed by atoms with Gasteiger partial charge in [0.05, 0.1) is 19.3 Å². The fourth-order valence-corrected chi connectivity index (χ4v) is 4.09. The van der Waals surface area contributed by atoms with Crippen LogP contribution in [0.25, 0.3) is 0 Å². The summed E-state index contributed by atoms with van der Waals surface area (Å²) >= 11 is 0.